The van der Waals surface area contributed by atoms with Crippen molar-refractivity contribution in [2.75, 3.05) is 6.61 Å². The molecule has 3 atom stereocenters. The van der Waals surface area contributed by atoms with E-state index < -0.39 is 0 Å². The van der Waals surface area contributed by atoms with E-state index in [9.17, 15) is 0 Å². The van der Waals surface area contributed by atoms with Crippen molar-refractivity contribution in [2.24, 2.45) is 5.92 Å². The van der Waals surface area contributed by atoms with Crippen molar-refractivity contribution in [1.82, 2.24) is 0 Å². The lowest BCUT2D eigenvalue weighted by atomic mass is 9.97. The minimum absolute atomic E-state index is 0.414. The van der Waals surface area contributed by atoms with Crippen molar-refractivity contribution in [1.29, 1.82) is 0 Å². The lowest BCUT2D eigenvalue weighted by Gasteiger charge is -2.15. The van der Waals surface area contributed by atoms with E-state index >= 15 is 0 Å². The van der Waals surface area contributed by atoms with Crippen molar-refractivity contribution < 1.29 is 4.74 Å². The van der Waals surface area contributed by atoms with Crippen LogP contribution in [0.5, 0.6) is 0 Å². The highest BCUT2D eigenvalue weighted by Gasteiger charge is 2.30. The Kier molecular flexibility index (Phi) is 3.92. The molecule has 1 fully saturated rings. The van der Waals surface area contributed by atoms with E-state index in [1.54, 1.807) is 11.3 Å². The van der Waals surface area contributed by atoms with Gasteiger partial charge in [-0.25, -0.2) is 0 Å². The van der Waals surface area contributed by atoms with E-state index in [-0.39, 0.29) is 0 Å². The minimum Gasteiger partial charge on any atom is -0.378 e. The highest BCUT2D eigenvalue weighted by molar-refractivity contribution is 9.11. The molecular weight excluding hydrogens is 340 g/mol. The average molecular weight is 354 g/mol. The van der Waals surface area contributed by atoms with E-state index in [2.05, 4.69) is 51.8 Å². The average Bonchev–Trinajstić information content (AvgIpc) is 2.71. The maximum absolute atomic E-state index is 5.62. The van der Waals surface area contributed by atoms with Crippen LogP contribution in [0.1, 0.15) is 28.6 Å². The van der Waals surface area contributed by atoms with E-state index in [4.69, 9.17) is 4.74 Å². The van der Waals surface area contributed by atoms with Crippen LogP contribution in [0.2, 0.25) is 0 Å². The second kappa shape index (κ2) is 4.86. The molecule has 3 unspecified atom stereocenters. The maximum Gasteiger partial charge on any atom is 0.0704 e. The first kappa shape index (κ1) is 12.1. The van der Waals surface area contributed by atoms with Crippen LogP contribution in [0.25, 0.3) is 0 Å². The number of aryl methyl sites for hydroxylation is 1. The molecule has 2 rings (SSSR count). The fourth-order valence-corrected chi connectivity index (χ4v) is 4.79. The molecule has 1 aromatic rings. The minimum atomic E-state index is 0.414. The van der Waals surface area contributed by atoms with Crippen LogP contribution in [0, 0.1) is 12.8 Å². The smallest absolute Gasteiger partial charge is 0.0704 e. The fourth-order valence-electron chi connectivity index (χ4n) is 2.04. The zero-order valence-electron chi connectivity index (χ0n) is 8.80. The van der Waals surface area contributed by atoms with Gasteiger partial charge in [0.15, 0.2) is 0 Å². The summed E-state index contributed by atoms with van der Waals surface area (Å²) in [5.74, 6) is 0.611. The Hall–Kier alpha value is 0.620. The normalized spacial score (nSPS) is 28.3. The van der Waals surface area contributed by atoms with Gasteiger partial charge in [0.2, 0.25) is 0 Å². The number of ether oxygens (including phenoxy) is 1. The number of thiophene rings is 1. The van der Waals surface area contributed by atoms with Gasteiger partial charge in [0.1, 0.15) is 0 Å². The van der Waals surface area contributed by atoms with Gasteiger partial charge in [-0.3, -0.25) is 0 Å². The van der Waals surface area contributed by atoms with Crippen LogP contribution in [-0.4, -0.2) is 12.7 Å². The topological polar surface area (TPSA) is 9.23 Å². The molecule has 0 N–H and O–H groups in total. The zero-order chi connectivity index (χ0) is 11.0. The predicted octanol–water partition coefficient (Wildman–Crippen LogP) is 4.68. The van der Waals surface area contributed by atoms with Crippen LogP contribution in [0.15, 0.2) is 9.85 Å². The van der Waals surface area contributed by atoms with Crippen molar-refractivity contribution in [3.05, 3.63) is 20.3 Å². The Morgan fingerprint density at radius 1 is 1.60 bits per heavy atom. The molecule has 0 aromatic carbocycles. The Labute approximate surface area is 111 Å². The molecule has 1 aliphatic rings. The number of rotatable bonds is 2. The van der Waals surface area contributed by atoms with Gasteiger partial charge in [-0.2, -0.15) is 0 Å². The summed E-state index contributed by atoms with van der Waals surface area (Å²) in [6.07, 6.45) is 1.57. The van der Waals surface area contributed by atoms with E-state index in [1.165, 1.54) is 14.2 Å². The first-order valence-electron chi connectivity index (χ1n) is 5.09. The third-order valence-corrected chi connectivity index (χ3v) is 5.68. The fraction of sp³-hybridized carbons (Fsp3) is 0.636. The third kappa shape index (κ3) is 2.65. The van der Waals surface area contributed by atoms with Crippen LogP contribution in [0.3, 0.4) is 0 Å². The highest BCUT2D eigenvalue weighted by Crippen LogP contribution is 2.42. The van der Waals surface area contributed by atoms with Gasteiger partial charge in [0.25, 0.3) is 0 Å². The number of alkyl halides is 1. The molecule has 15 heavy (non-hydrogen) atoms. The van der Waals surface area contributed by atoms with Gasteiger partial charge >= 0.3 is 0 Å². The quantitative estimate of drug-likeness (QED) is 0.701. The first-order valence-corrected chi connectivity index (χ1v) is 7.62. The second-order valence-corrected chi connectivity index (χ2v) is 7.73. The third-order valence-electron chi connectivity index (χ3n) is 2.87. The lowest BCUT2D eigenvalue weighted by molar-refractivity contribution is 0.120. The molecule has 0 spiro atoms. The molecule has 1 aromatic heterocycles. The molecule has 1 nitrogen and oxygen atoms in total. The molecule has 1 saturated heterocycles. The van der Waals surface area contributed by atoms with Gasteiger partial charge in [-0.15, -0.1) is 11.3 Å². The number of halogens is 2. The van der Waals surface area contributed by atoms with Gasteiger partial charge in [-0.05, 0) is 47.8 Å². The molecular formula is C11H14Br2OS. The second-order valence-electron chi connectivity index (χ2n) is 4.10. The van der Waals surface area contributed by atoms with Crippen LogP contribution in [0.4, 0.5) is 0 Å². The molecule has 0 bridgehead atoms. The van der Waals surface area contributed by atoms with Gasteiger partial charge < -0.3 is 4.74 Å². The SMILES string of the molecule is Cc1sc(Br)cc1C(Br)C1COC(C)C1. The Morgan fingerprint density at radius 3 is 2.80 bits per heavy atom. The number of hydrogen-bond acceptors (Lipinski definition) is 2. The molecule has 1 aliphatic heterocycles. The molecule has 4 heteroatoms. The summed E-state index contributed by atoms with van der Waals surface area (Å²) in [4.78, 5) is 1.83. The monoisotopic (exact) mass is 352 g/mol. The summed E-state index contributed by atoms with van der Waals surface area (Å²) in [5.41, 5.74) is 1.41. The summed E-state index contributed by atoms with van der Waals surface area (Å²) in [7, 11) is 0. The molecule has 0 amide bonds. The molecule has 0 radical (unpaired) electrons. The largest absolute Gasteiger partial charge is 0.378 e. The molecule has 0 saturated carbocycles. The van der Waals surface area contributed by atoms with Gasteiger partial charge in [0.05, 0.1) is 16.5 Å². The lowest BCUT2D eigenvalue weighted by Crippen LogP contribution is -2.07. The zero-order valence-corrected chi connectivity index (χ0v) is 12.8. The van der Waals surface area contributed by atoms with Gasteiger partial charge in [0, 0.05) is 15.6 Å². The Bertz CT molecular complexity index is 350. The van der Waals surface area contributed by atoms with Crippen molar-refractivity contribution in [2.45, 2.75) is 31.2 Å². The Morgan fingerprint density at radius 2 is 2.33 bits per heavy atom. The van der Waals surface area contributed by atoms with Crippen LogP contribution < -0.4 is 0 Å². The van der Waals surface area contributed by atoms with Crippen LogP contribution in [-0.2, 0) is 4.74 Å². The van der Waals surface area contributed by atoms with Gasteiger partial charge in [-0.1, -0.05) is 15.9 Å². The summed E-state index contributed by atoms with van der Waals surface area (Å²) in [5, 5.41) is 0. The first-order chi connectivity index (χ1) is 7.08. The summed E-state index contributed by atoms with van der Waals surface area (Å²) in [6, 6.07) is 2.22. The summed E-state index contributed by atoms with van der Waals surface area (Å²) < 4.78 is 6.83. The van der Waals surface area contributed by atoms with Crippen LogP contribution >= 0.6 is 43.2 Å². The van der Waals surface area contributed by atoms with E-state index in [0.717, 1.165) is 13.0 Å². The van der Waals surface area contributed by atoms with E-state index in [1.807, 2.05) is 0 Å². The molecule has 2 heterocycles. The number of hydrogen-bond donors (Lipinski definition) is 0. The highest BCUT2D eigenvalue weighted by atomic mass is 79.9. The predicted molar refractivity (Wildman–Crippen MR) is 71.9 cm³/mol. The van der Waals surface area contributed by atoms with Crippen molar-refractivity contribution >= 4 is 43.2 Å². The standard InChI is InChI=1S/C11H14Br2OS/c1-6-3-8(5-14-6)11(13)9-4-10(12)15-7(9)2/h4,6,8,11H,3,5H2,1-2H3. The summed E-state index contributed by atoms with van der Waals surface area (Å²) in [6.45, 7) is 5.21. The van der Waals surface area contributed by atoms with E-state index in [0.29, 0.717) is 16.8 Å². The molecule has 84 valence electrons. The van der Waals surface area contributed by atoms with Crippen molar-refractivity contribution in [3.8, 4) is 0 Å². The Balaban J connectivity index is 2.13. The maximum atomic E-state index is 5.62. The van der Waals surface area contributed by atoms with Crippen molar-refractivity contribution in [3.63, 3.8) is 0 Å². The summed E-state index contributed by atoms with van der Waals surface area (Å²) >= 11 is 9.15. The molecule has 0 aliphatic carbocycles.